The summed E-state index contributed by atoms with van der Waals surface area (Å²) in [5.41, 5.74) is 2.50. The molecule has 1 fully saturated rings. The second-order valence-electron chi connectivity index (χ2n) is 6.37. The van der Waals surface area contributed by atoms with E-state index in [2.05, 4.69) is 56.9 Å². The van der Waals surface area contributed by atoms with E-state index in [-0.39, 0.29) is 5.25 Å². The molecular weight excluding hydrogens is 322 g/mol. The van der Waals surface area contributed by atoms with Gasteiger partial charge in [0.05, 0.1) is 5.25 Å². The molecular formula is C18H25N3O2S. The topological polar surface area (TPSA) is 54.3 Å². The van der Waals surface area contributed by atoms with Gasteiger partial charge in [0.2, 0.25) is 10.0 Å². The van der Waals surface area contributed by atoms with Gasteiger partial charge in [0, 0.05) is 38.6 Å². The summed E-state index contributed by atoms with van der Waals surface area (Å²) in [4.78, 5) is 2.22. The number of nitrogens with one attached hydrogen (secondary N) is 1. The maximum atomic E-state index is 12.1. The van der Waals surface area contributed by atoms with Crippen LogP contribution in [0.2, 0.25) is 0 Å². The monoisotopic (exact) mass is 347 g/mol. The van der Waals surface area contributed by atoms with Gasteiger partial charge in [0.1, 0.15) is 0 Å². The van der Waals surface area contributed by atoms with Crippen molar-refractivity contribution in [2.75, 3.05) is 19.6 Å². The van der Waals surface area contributed by atoms with E-state index in [0.29, 0.717) is 19.5 Å². The zero-order valence-corrected chi connectivity index (χ0v) is 14.9. The first kappa shape index (κ1) is 17.2. The van der Waals surface area contributed by atoms with Gasteiger partial charge in [-0.1, -0.05) is 37.3 Å². The lowest BCUT2D eigenvalue weighted by atomic mass is 10.2. The standard InChI is InChI=1S/C18H25N3O2S/c1-2-19-24(22,23)18-9-11-21(15-18)14-17-8-10-20(13-17)12-16-6-4-3-5-7-16/h3-8,10,13,18-19H,2,9,11-12,14-15H2,1H3/t18-/m1/s1. The lowest BCUT2D eigenvalue weighted by Crippen LogP contribution is -2.36. The number of aromatic nitrogens is 1. The third kappa shape index (κ3) is 4.26. The van der Waals surface area contributed by atoms with Crippen molar-refractivity contribution >= 4 is 10.0 Å². The van der Waals surface area contributed by atoms with Crippen molar-refractivity contribution < 1.29 is 8.42 Å². The molecule has 3 rings (SSSR count). The third-order valence-corrected chi connectivity index (χ3v) is 6.39. The summed E-state index contributed by atoms with van der Waals surface area (Å²) in [5, 5.41) is -0.288. The molecule has 0 unspecified atom stereocenters. The first-order valence-electron chi connectivity index (χ1n) is 8.46. The Labute approximate surface area is 144 Å². The van der Waals surface area contributed by atoms with Gasteiger partial charge in [-0.05, 0) is 30.2 Å². The second-order valence-corrected chi connectivity index (χ2v) is 8.41. The predicted octanol–water partition coefficient (Wildman–Crippen LogP) is 2.05. The van der Waals surface area contributed by atoms with E-state index in [4.69, 9.17) is 0 Å². The van der Waals surface area contributed by atoms with E-state index in [1.807, 2.05) is 13.0 Å². The molecule has 1 aliphatic rings. The molecule has 0 aliphatic carbocycles. The predicted molar refractivity (Wildman–Crippen MR) is 96.3 cm³/mol. The Morgan fingerprint density at radius 3 is 2.67 bits per heavy atom. The van der Waals surface area contributed by atoms with Gasteiger partial charge in [0.15, 0.2) is 0 Å². The number of hydrogen-bond acceptors (Lipinski definition) is 3. The molecule has 1 aromatic carbocycles. The minimum absolute atomic E-state index is 0.288. The Kier molecular flexibility index (Phi) is 5.38. The fourth-order valence-electron chi connectivity index (χ4n) is 3.25. The van der Waals surface area contributed by atoms with Crippen molar-refractivity contribution in [2.24, 2.45) is 0 Å². The van der Waals surface area contributed by atoms with Crippen molar-refractivity contribution in [1.82, 2.24) is 14.2 Å². The normalized spacial score (nSPS) is 19.0. The minimum Gasteiger partial charge on any atom is -0.350 e. The summed E-state index contributed by atoms with van der Waals surface area (Å²) >= 11 is 0. The molecule has 1 N–H and O–H groups in total. The molecule has 24 heavy (non-hydrogen) atoms. The smallest absolute Gasteiger partial charge is 0.215 e. The largest absolute Gasteiger partial charge is 0.350 e. The number of hydrogen-bond donors (Lipinski definition) is 1. The van der Waals surface area contributed by atoms with Crippen LogP contribution in [0.15, 0.2) is 48.8 Å². The molecule has 5 nitrogen and oxygen atoms in total. The summed E-state index contributed by atoms with van der Waals surface area (Å²) in [5.74, 6) is 0. The van der Waals surface area contributed by atoms with Crippen LogP contribution in [0.4, 0.5) is 0 Å². The molecule has 6 heteroatoms. The zero-order valence-electron chi connectivity index (χ0n) is 14.1. The Morgan fingerprint density at radius 2 is 1.92 bits per heavy atom. The fourth-order valence-corrected chi connectivity index (χ4v) is 4.71. The maximum absolute atomic E-state index is 12.1. The van der Waals surface area contributed by atoms with Crippen LogP contribution < -0.4 is 4.72 Å². The van der Waals surface area contributed by atoms with E-state index < -0.39 is 10.0 Å². The third-order valence-electron chi connectivity index (χ3n) is 4.44. The molecule has 0 radical (unpaired) electrons. The van der Waals surface area contributed by atoms with Gasteiger partial charge in [0.25, 0.3) is 0 Å². The summed E-state index contributed by atoms with van der Waals surface area (Å²) in [7, 11) is -3.17. The average molecular weight is 347 g/mol. The van der Waals surface area contributed by atoms with Crippen LogP contribution in [0, 0.1) is 0 Å². The van der Waals surface area contributed by atoms with E-state index in [9.17, 15) is 8.42 Å². The molecule has 2 aromatic rings. The van der Waals surface area contributed by atoms with Crippen LogP contribution in [0.25, 0.3) is 0 Å². The van der Waals surface area contributed by atoms with Crippen LogP contribution in [0.3, 0.4) is 0 Å². The van der Waals surface area contributed by atoms with Crippen molar-refractivity contribution in [3.8, 4) is 0 Å². The molecule has 0 spiro atoms. The highest BCUT2D eigenvalue weighted by Gasteiger charge is 2.32. The molecule has 0 amide bonds. The van der Waals surface area contributed by atoms with Gasteiger partial charge in [-0.25, -0.2) is 13.1 Å². The highest BCUT2D eigenvalue weighted by atomic mass is 32.2. The van der Waals surface area contributed by atoms with E-state index in [1.165, 1.54) is 11.1 Å². The molecule has 1 saturated heterocycles. The zero-order chi connectivity index (χ0) is 17.0. The number of rotatable bonds is 7. The van der Waals surface area contributed by atoms with Gasteiger partial charge in [-0.15, -0.1) is 0 Å². The first-order valence-corrected chi connectivity index (χ1v) is 10.0. The first-order chi connectivity index (χ1) is 11.6. The SMILES string of the molecule is CCNS(=O)(=O)[C@@H]1CCN(Cc2ccn(Cc3ccccc3)c2)C1. The lowest BCUT2D eigenvalue weighted by Gasteiger charge is -2.15. The van der Waals surface area contributed by atoms with Gasteiger partial charge in [-0.2, -0.15) is 0 Å². The highest BCUT2D eigenvalue weighted by molar-refractivity contribution is 7.90. The molecule has 1 aliphatic heterocycles. The van der Waals surface area contributed by atoms with Crippen molar-refractivity contribution in [3.05, 3.63) is 59.9 Å². The fraction of sp³-hybridized carbons (Fsp3) is 0.444. The lowest BCUT2D eigenvalue weighted by molar-refractivity contribution is 0.331. The van der Waals surface area contributed by atoms with Crippen molar-refractivity contribution in [2.45, 2.75) is 31.7 Å². The van der Waals surface area contributed by atoms with Gasteiger partial charge >= 0.3 is 0 Å². The maximum Gasteiger partial charge on any atom is 0.215 e. The summed E-state index contributed by atoms with van der Waals surface area (Å²) in [6, 6.07) is 12.5. The Morgan fingerprint density at radius 1 is 1.12 bits per heavy atom. The Balaban J connectivity index is 1.56. The number of benzene rings is 1. The molecule has 0 bridgehead atoms. The summed E-state index contributed by atoms with van der Waals surface area (Å²) < 4.78 is 29.0. The number of likely N-dealkylation sites (tertiary alicyclic amines) is 1. The Hall–Kier alpha value is -1.63. The highest BCUT2D eigenvalue weighted by Crippen LogP contribution is 2.19. The molecule has 1 aromatic heterocycles. The molecule has 2 heterocycles. The van der Waals surface area contributed by atoms with Crippen LogP contribution in [0.1, 0.15) is 24.5 Å². The van der Waals surface area contributed by atoms with E-state index >= 15 is 0 Å². The van der Waals surface area contributed by atoms with E-state index in [1.54, 1.807) is 0 Å². The Bertz CT molecular complexity index is 756. The van der Waals surface area contributed by atoms with Crippen LogP contribution in [-0.2, 0) is 23.1 Å². The van der Waals surface area contributed by atoms with Crippen LogP contribution in [0.5, 0.6) is 0 Å². The average Bonchev–Trinajstić information content (AvgIpc) is 3.19. The van der Waals surface area contributed by atoms with Crippen molar-refractivity contribution in [3.63, 3.8) is 0 Å². The van der Waals surface area contributed by atoms with Crippen LogP contribution >= 0.6 is 0 Å². The van der Waals surface area contributed by atoms with E-state index in [0.717, 1.165) is 19.6 Å². The molecule has 0 saturated carbocycles. The second kappa shape index (κ2) is 7.51. The van der Waals surface area contributed by atoms with Crippen LogP contribution in [-0.4, -0.2) is 42.8 Å². The van der Waals surface area contributed by atoms with Gasteiger partial charge < -0.3 is 4.57 Å². The molecule has 130 valence electrons. The summed E-state index contributed by atoms with van der Waals surface area (Å²) in [6.45, 7) is 5.39. The number of sulfonamides is 1. The summed E-state index contributed by atoms with van der Waals surface area (Å²) in [6.07, 6.45) is 4.95. The quantitative estimate of drug-likeness (QED) is 0.834. The minimum atomic E-state index is -3.17. The molecule has 1 atom stereocenters. The number of nitrogens with zero attached hydrogens (tertiary/aromatic N) is 2. The van der Waals surface area contributed by atoms with Gasteiger partial charge in [-0.3, -0.25) is 4.90 Å². The van der Waals surface area contributed by atoms with Crippen molar-refractivity contribution in [1.29, 1.82) is 0 Å².